The monoisotopic (exact) mass is 352 g/mol. The number of benzene rings is 1. The Balaban J connectivity index is 2.11. The van der Waals surface area contributed by atoms with Gasteiger partial charge in [0, 0.05) is 12.6 Å². The molecule has 0 radical (unpaired) electrons. The smallest absolute Gasteiger partial charge is 0.312 e. The van der Waals surface area contributed by atoms with Crippen LogP contribution in [0.5, 0.6) is 5.75 Å². The van der Waals surface area contributed by atoms with Crippen molar-refractivity contribution in [3.8, 4) is 5.75 Å². The predicted molar refractivity (Wildman–Crippen MR) is 81.3 cm³/mol. The minimum absolute atomic E-state index is 0.0957. The van der Waals surface area contributed by atoms with E-state index in [1.54, 1.807) is 24.5 Å². The van der Waals surface area contributed by atoms with Crippen LogP contribution < -0.4 is 10.1 Å². The second kappa shape index (κ2) is 6.98. The van der Waals surface area contributed by atoms with Gasteiger partial charge in [-0.25, -0.2) is 4.98 Å². The summed E-state index contributed by atoms with van der Waals surface area (Å²) in [5, 5.41) is 14.0. The molecule has 0 saturated carbocycles. The molecule has 1 aromatic carbocycles. The fourth-order valence-corrected chi connectivity index (χ4v) is 2.10. The van der Waals surface area contributed by atoms with E-state index < -0.39 is 4.92 Å². The summed E-state index contributed by atoms with van der Waals surface area (Å²) < 4.78 is 6.03. The molecule has 8 heteroatoms. The summed E-state index contributed by atoms with van der Waals surface area (Å²) >= 11 is 3.25. The van der Waals surface area contributed by atoms with Crippen LogP contribution >= 0.6 is 15.9 Å². The number of nitrogens with zero attached hydrogens (tertiary/aromatic N) is 3. The minimum atomic E-state index is -0.486. The highest BCUT2D eigenvalue weighted by atomic mass is 79.9. The van der Waals surface area contributed by atoms with Crippen LogP contribution in [0.3, 0.4) is 0 Å². The van der Waals surface area contributed by atoms with Crippen molar-refractivity contribution >= 4 is 27.4 Å². The summed E-state index contributed by atoms with van der Waals surface area (Å²) in [7, 11) is 0. The van der Waals surface area contributed by atoms with Gasteiger partial charge >= 0.3 is 5.69 Å². The van der Waals surface area contributed by atoms with Crippen LogP contribution in [0.1, 0.15) is 12.6 Å². The van der Waals surface area contributed by atoms with E-state index >= 15 is 0 Å². The van der Waals surface area contributed by atoms with E-state index in [9.17, 15) is 10.1 Å². The summed E-state index contributed by atoms with van der Waals surface area (Å²) in [4.78, 5) is 18.8. The molecule has 21 heavy (non-hydrogen) atoms. The normalized spacial score (nSPS) is 10.2. The quantitative estimate of drug-likeness (QED) is 0.634. The number of halogens is 1. The second-order valence-corrected chi connectivity index (χ2v) is 4.91. The first kappa shape index (κ1) is 15.2. The highest BCUT2D eigenvalue weighted by Crippen LogP contribution is 2.35. The topological polar surface area (TPSA) is 90.2 Å². The third-order valence-electron chi connectivity index (χ3n) is 2.57. The summed E-state index contributed by atoms with van der Waals surface area (Å²) in [6.45, 7) is 2.82. The number of nitro groups is 1. The van der Waals surface area contributed by atoms with Crippen LogP contribution in [0.4, 0.5) is 11.5 Å². The molecule has 0 aliphatic heterocycles. The number of nitro benzene ring substituents is 1. The highest BCUT2D eigenvalue weighted by Gasteiger charge is 2.18. The van der Waals surface area contributed by atoms with Crippen LogP contribution in [0.2, 0.25) is 0 Å². The first-order chi connectivity index (χ1) is 10.1. The Hall–Kier alpha value is -2.22. The van der Waals surface area contributed by atoms with Gasteiger partial charge in [-0.3, -0.25) is 15.1 Å². The number of hydrogen-bond acceptors (Lipinski definition) is 6. The van der Waals surface area contributed by atoms with E-state index in [1.165, 1.54) is 6.07 Å². The SMILES string of the molecule is CCNc1cnc(COc2c(Br)cccc2[N+](=O)[O-])cn1. The van der Waals surface area contributed by atoms with E-state index in [4.69, 9.17) is 4.74 Å². The number of nitrogens with one attached hydrogen (secondary N) is 1. The van der Waals surface area contributed by atoms with Gasteiger partial charge in [0.2, 0.25) is 5.75 Å². The Bertz CT molecular complexity index is 634. The Morgan fingerprint density at radius 2 is 2.19 bits per heavy atom. The van der Waals surface area contributed by atoms with Crippen molar-refractivity contribution in [2.45, 2.75) is 13.5 Å². The van der Waals surface area contributed by atoms with Crippen molar-refractivity contribution in [2.24, 2.45) is 0 Å². The van der Waals surface area contributed by atoms with E-state index in [1.807, 2.05) is 6.92 Å². The summed E-state index contributed by atoms with van der Waals surface area (Å²) in [5.74, 6) is 0.855. The maximum atomic E-state index is 11.0. The molecule has 2 rings (SSSR count). The molecule has 0 aliphatic rings. The molecule has 1 N–H and O–H groups in total. The zero-order chi connectivity index (χ0) is 15.2. The maximum absolute atomic E-state index is 11.0. The first-order valence-corrected chi connectivity index (χ1v) is 7.01. The molecular formula is C13H13BrN4O3. The highest BCUT2D eigenvalue weighted by molar-refractivity contribution is 9.10. The molecule has 110 valence electrons. The lowest BCUT2D eigenvalue weighted by Gasteiger charge is -2.08. The predicted octanol–water partition coefficient (Wildman–Crippen LogP) is 3.16. The summed E-state index contributed by atoms with van der Waals surface area (Å²) in [6, 6.07) is 4.66. The zero-order valence-electron chi connectivity index (χ0n) is 11.2. The Labute approximate surface area is 129 Å². The molecule has 1 heterocycles. The van der Waals surface area contributed by atoms with Gasteiger partial charge in [0.05, 0.1) is 27.5 Å². The third-order valence-corrected chi connectivity index (χ3v) is 3.19. The zero-order valence-corrected chi connectivity index (χ0v) is 12.8. The van der Waals surface area contributed by atoms with Gasteiger partial charge in [0.1, 0.15) is 12.4 Å². The fourth-order valence-electron chi connectivity index (χ4n) is 1.63. The molecule has 0 bridgehead atoms. The van der Waals surface area contributed by atoms with Crippen molar-refractivity contribution in [3.05, 3.63) is 50.9 Å². The van der Waals surface area contributed by atoms with Gasteiger partial charge in [-0.2, -0.15) is 0 Å². The van der Waals surface area contributed by atoms with Crippen LogP contribution in [-0.2, 0) is 6.61 Å². The summed E-state index contributed by atoms with van der Waals surface area (Å²) in [5.41, 5.74) is 0.489. The van der Waals surface area contributed by atoms with Crippen LogP contribution in [-0.4, -0.2) is 21.4 Å². The van der Waals surface area contributed by atoms with Gasteiger partial charge in [-0.15, -0.1) is 0 Å². The van der Waals surface area contributed by atoms with Crippen LogP contribution in [0, 0.1) is 10.1 Å². The number of para-hydroxylation sites is 1. The van der Waals surface area contributed by atoms with Crippen LogP contribution in [0.25, 0.3) is 0 Å². The molecule has 1 aromatic heterocycles. The largest absolute Gasteiger partial charge is 0.479 e. The molecule has 0 spiro atoms. The number of hydrogen-bond donors (Lipinski definition) is 1. The number of rotatable bonds is 6. The van der Waals surface area contributed by atoms with Crippen molar-refractivity contribution in [2.75, 3.05) is 11.9 Å². The van der Waals surface area contributed by atoms with Gasteiger partial charge in [0.15, 0.2) is 0 Å². The fraction of sp³-hybridized carbons (Fsp3) is 0.231. The Morgan fingerprint density at radius 1 is 1.38 bits per heavy atom. The van der Waals surface area contributed by atoms with E-state index in [-0.39, 0.29) is 18.0 Å². The minimum Gasteiger partial charge on any atom is -0.479 e. The van der Waals surface area contributed by atoms with Crippen molar-refractivity contribution in [1.82, 2.24) is 9.97 Å². The lowest BCUT2D eigenvalue weighted by atomic mass is 10.3. The number of ether oxygens (including phenoxy) is 1. The molecule has 0 amide bonds. The van der Waals surface area contributed by atoms with E-state index in [0.717, 1.165) is 6.54 Å². The average molecular weight is 353 g/mol. The van der Waals surface area contributed by atoms with Crippen molar-refractivity contribution < 1.29 is 9.66 Å². The molecule has 0 atom stereocenters. The van der Waals surface area contributed by atoms with E-state index in [2.05, 4.69) is 31.2 Å². The van der Waals surface area contributed by atoms with Crippen molar-refractivity contribution in [3.63, 3.8) is 0 Å². The standard InChI is InChI=1S/C13H13BrN4O3/c1-2-15-12-7-16-9(6-17-12)8-21-13-10(14)4-3-5-11(13)18(19)20/h3-7H,2,8H2,1H3,(H,15,17). The summed E-state index contributed by atoms with van der Waals surface area (Å²) in [6.07, 6.45) is 3.16. The molecule has 0 unspecified atom stereocenters. The molecule has 0 saturated heterocycles. The molecule has 0 fully saturated rings. The second-order valence-electron chi connectivity index (χ2n) is 4.06. The molecule has 0 aliphatic carbocycles. The Kier molecular flexibility index (Phi) is 5.04. The lowest BCUT2D eigenvalue weighted by molar-refractivity contribution is -0.386. The third kappa shape index (κ3) is 3.88. The number of aromatic nitrogens is 2. The first-order valence-electron chi connectivity index (χ1n) is 6.22. The van der Waals surface area contributed by atoms with E-state index in [0.29, 0.717) is 16.0 Å². The molecule has 7 nitrogen and oxygen atoms in total. The lowest BCUT2D eigenvalue weighted by Crippen LogP contribution is -2.04. The van der Waals surface area contributed by atoms with Gasteiger partial charge in [-0.05, 0) is 28.9 Å². The molecule has 2 aromatic rings. The Morgan fingerprint density at radius 3 is 2.81 bits per heavy atom. The van der Waals surface area contributed by atoms with Gasteiger partial charge in [-0.1, -0.05) is 6.07 Å². The van der Waals surface area contributed by atoms with Crippen LogP contribution in [0.15, 0.2) is 35.1 Å². The van der Waals surface area contributed by atoms with Gasteiger partial charge in [0.25, 0.3) is 0 Å². The maximum Gasteiger partial charge on any atom is 0.312 e. The van der Waals surface area contributed by atoms with Gasteiger partial charge < -0.3 is 10.1 Å². The average Bonchev–Trinajstić information content (AvgIpc) is 2.47. The number of anilines is 1. The molecular weight excluding hydrogens is 340 g/mol. The van der Waals surface area contributed by atoms with Crippen molar-refractivity contribution in [1.29, 1.82) is 0 Å².